The lowest BCUT2D eigenvalue weighted by atomic mass is 10.1. The van der Waals surface area contributed by atoms with E-state index >= 15 is 0 Å². The number of anilines is 1. The number of halogens is 7. The molecule has 33 heavy (non-hydrogen) atoms. The zero-order valence-electron chi connectivity index (χ0n) is 17.3. The van der Waals surface area contributed by atoms with Gasteiger partial charge in [-0.15, -0.1) is 0 Å². The van der Waals surface area contributed by atoms with Crippen LogP contribution < -0.4 is 5.32 Å². The van der Waals surface area contributed by atoms with Crippen molar-refractivity contribution in [3.8, 4) is 0 Å². The number of nitrogens with one attached hydrogen (secondary N) is 1. The van der Waals surface area contributed by atoms with Crippen molar-refractivity contribution in [2.45, 2.75) is 46.0 Å². The zero-order valence-corrected chi connectivity index (χ0v) is 17.3. The van der Waals surface area contributed by atoms with E-state index in [9.17, 15) is 35.5 Å². The first-order valence-corrected chi connectivity index (χ1v) is 9.50. The quantitative estimate of drug-likeness (QED) is 0.471. The highest BCUT2D eigenvalue weighted by Gasteiger charge is 2.30. The van der Waals surface area contributed by atoms with Gasteiger partial charge < -0.3 is 5.32 Å². The molecule has 0 aliphatic heterocycles. The summed E-state index contributed by atoms with van der Waals surface area (Å²) in [6, 6.07) is 5.23. The van der Waals surface area contributed by atoms with E-state index in [4.69, 9.17) is 0 Å². The Labute approximate surface area is 183 Å². The summed E-state index contributed by atoms with van der Waals surface area (Å²) in [4.78, 5) is 12.4. The number of nitrogens with zero attached hydrogens (tertiary/aromatic N) is 4. The van der Waals surface area contributed by atoms with Crippen molar-refractivity contribution in [3.63, 3.8) is 0 Å². The molecule has 1 aromatic carbocycles. The van der Waals surface area contributed by atoms with Gasteiger partial charge in [0.2, 0.25) is 5.91 Å². The van der Waals surface area contributed by atoms with Gasteiger partial charge in [-0.25, -0.2) is 17.6 Å². The minimum atomic E-state index is -4.50. The number of benzene rings is 1. The molecular formula is C20H18F7N5O. The minimum Gasteiger partial charge on any atom is -0.321 e. The van der Waals surface area contributed by atoms with E-state index in [2.05, 4.69) is 15.5 Å². The number of hydrogen-bond acceptors (Lipinski definition) is 3. The van der Waals surface area contributed by atoms with Crippen LogP contribution in [0.4, 0.5) is 36.4 Å². The third kappa shape index (κ3) is 5.52. The Kier molecular flexibility index (Phi) is 6.79. The molecule has 0 fully saturated rings. The molecule has 2 heterocycles. The second-order valence-corrected chi connectivity index (χ2v) is 7.20. The molecule has 0 saturated carbocycles. The molecule has 0 atom stereocenters. The van der Waals surface area contributed by atoms with Gasteiger partial charge in [0.05, 0.1) is 29.2 Å². The van der Waals surface area contributed by atoms with Crippen LogP contribution in [0.1, 0.15) is 46.8 Å². The van der Waals surface area contributed by atoms with Gasteiger partial charge >= 0.3 is 6.18 Å². The number of rotatable bonds is 7. The van der Waals surface area contributed by atoms with Crippen molar-refractivity contribution in [1.82, 2.24) is 19.6 Å². The Morgan fingerprint density at radius 2 is 1.73 bits per heavy atom. The van der Waals surface area contributed by atoms with E-state index < -0.39 is 48.4 Å². The number of carbonyl (C=O) groups is 1. The molecule has 0 unspecified atom stereocenters. The molecule has 3 aromatic rings. The fourth-order valence-electron chi connectivity index (χ4n) is 3.23. The molecule has 0 bridgehead atoms. The van der Waals surface area contributed by atoms with Gasteiger partial charge in [-0.05, 0) is 37.6 Å². The standard InChI is InChI=1S/C20H18F7N5O/c1-10-17(28-16(33)9-32-15(19(23)24)7-14(30-32)18(21)22)11(2)31(29-10)8-12-4-3-5-13(6-12)20(25,26)27/h3-7,18-19H,8-9H2,1-2H3,(H,28,33). The third-order valence-corrected chi connectivity index (χ3v) is 4.80. The van der Waals surface area contributed by atoms with E-state index in [1.165, 1.54) is 16.8 Å². The van der Waals surface area contributed by atoms with Crippen molar-refractivity contribution >= 4 is 11.6 Å². The molecule has 178 valence electrons. The van der Waals surface area contributed by atoms with E-state index in [0.29, 0.717) is 27.7 Å². The molecule has 6 nitrogen and oxygen atoms in total. The van der Waals surface area contributed by atoms with Gasteiger partial charge in [0.25, 0.3) is 12.9 Å². The Bertz CT molecular complexity index is 1150. The molecule has 1 N–H and O–H groups in total. The maximum absolute atomic E-state index is 13.1. The van der Waals surface area contributed by atoms with Crippen LogP contribution >= 0.6 is 0 Å². The van der Waals surface area contributed by atoms with Crippen LogP contribution in [0, 0.1) is 13.8 Å². The highest BCUT2D eigenvalue weighted by Crippen LogP contribution is 2.30. The Morgan fingerprint density at radius 3 is 2.33 bits per heavy atom. The predicted molar refractivity (Wildman–Crippen MR) is 103 cm³/mol. The number of carbonyl (C=O) groups excluding carboxylic acids is 1. The van der Waals surface area contributed by atoms with E-state index in [-0.39, 0.29) is 12.2 Å². The summed E-state index contributed by atoms with van der Waals surface area (Å²) < 4.78 is 92.5. The van der Waals surface area contributed by atoms with Gasteiger partial charge in [-0.1, -0.05) is 12.1 Å². The Hall–Kier alpha value is -3.38. The summed E-state index contributed by atoms with van der Waals surface area (Å²) >= 11 is 0. The summed E-state index contributed by atoms with van der Waals surface area (Å²) in [5.74, 6) is -0.814. The normalized spacial score (nSPS) is 12.1. The van der Waals surface area contributed by atoms with Crippen LogP contribution in [-0.2, 0) is 24.1 Å². The molecule has 1 amide bonds. The van der Waals surface area contributed by atoms with Crippen LogP contribution in [0.25, 0.3) is 0 Å². The fraction of sp³-hybridized carbons (Fsp3) is 0.350. The maximum atomic E-state index is 13.1. The first-order chi connectivity index (χ1) is 15.4. The maximum Gasteiger partial charge on any atom is 0.416 e. The summed E-state index contributed by atoms with van der Waals surface area (Å²) in [6.45, 7) is 2.35. The van der Waals surface area contributed by atoms with E-state index in [1.807, 2.05) is 0 Å². The molecule has 0 saturated heterocycles. The van der Waals surface area contributed by atoms with Crippen LogP contribution in [0.15, 0.2) is 30.3 Å². The number of aromatic nitrogens is 4. The molecule has 3 rings (SSSR count). The zero-order chi connectivity index (χ0) is 24.5. The van der Waals surface area contributed by atoms with E-state index in [0.717, 1.165) is 12.1 Å². The third-order valence-electron chi connectivity index (χ3n) is 4.80. The number of amides is 1. The first kappa shape index (κ1) is 24.3. The minimum absolute atomic E-state index is 0.0150. The molecule has 13 heteroatoms. The lowest BCUT2D eigenvalue weighted by molar-refractivity contribution is -0.137. The molecular weight excluding hydrogens is 459 g/mol. The van der Waals surface area contributed by atoms with Crippen LogP contribution in [-0.4, -0.2) is 25.5 Å². The fourth-order valence-corrected chi connectivity index (χ4v) is 3.23. The lowest BCUT2D eigenvalue weighted by Gasteiger charge is -2.11. The largest absolute Gasteiger partial charge is 0.416 e. The highest BCUT2D eigenvalue weighted by atomic mass is 19.4. The second kappa shape index (κ2) is 9.24. The van der Waals surface area contributed by atoms with Crippen LogP contribution in [0.2, 0.25) is 0 Å². The van der Waals surface area contributed by atoms with Crippen LogP contribution in [0.3, 0.4) is 0 Å². The van der Waals surface area contributed by atoms with Crippen molar-refractivity contribution in [3.05, 3.63) is 64.2 Å². The number of alkyl halides is 7. The smallest absolute Gasteiger partial charge is 0.321 e. The Morgan fingerprint density at radius 1 is 1.03 bits per heavy atom. The van der Waals surface area contributed by atoms with Gasteiger partial charge in [-0.3, -0.25) is 14.2 Å². The van der Waals surface area contributed by atoms with Crippen molar-refractivity contribution < 1.29 is 35.5 Å². The van der Waals surface area contributed by atoms with Crippen molar-refractivity contribution in [2.24, 2.45) is 0 Å². The highest BCUT2D eigenvalue weighted by molar-refractivity contribution is 5.91. The van der Waals surface area contributed by atoms with Gasteiger partial charge in [0.1, 0.15) is 17.9 Å². The first-order valence-electron chi connectivity index (χ1n) is 9.50. The predicted octanol–water partition coefficient (Wildman–Crippen LogP) is 5.28. The monoisotopic (exact) mass is 477 g/mol. The second-order valence-electron chi connectivity index (χ2n) is 7.20. The number of aryl methyl sites for hydroxylation is 1. The van der Waals surface area contributed by atoms with Gasteiger partial charge in [0.15, 0.2) is 0 Å². The van der Waals surface area contributed by atoms with Crippen LogP contribution in [0.5, 0.6) is 0 Å². The Balaban J connectivity index is 1.78. The van der Waals surface area contributed by atoms with E-state index in [1.54, 1.807) is 13.8 Å². The number of hydrogen-bond donors (Lipinski definition) is 1. The summed E-state index contributed by atoms with van der Waals surface area (Å²) in [6.07, 6.45) is -10.7. The molecule has 0 spiro atoms. The van der Waals surface area contributed by atoms with Crippen molar-refractivity contribution in [1.29, 1.82) is 0 Å². The average Bonchev–Trinajstić information content (AvgIpc) is 3.24. The molecule has 0 aliphatic rings. The molecule has 0 radical (unpaired) electrons. The summed E-state index contributed by atoms with van der Waals surface area (Å²) in [7, 11) is 0. The van der Waals surface area contributed by atoms with Crippen molar-refractivity contribution in [2.75, 3.05) is 5.32 Å². The summed E-state index contributed by atoms with van der Waals surface area (Å²) in [5.41, 5.74) is -1.23. The van der Waals surface area contributed by atoms with Gasteiger partial charge in [-0.2, -0.15) is 23.4 Å². The molecule has 2 aromatic heterocycles. The average molecular weight is 477 g/mol. The SMILES string of the molecule is Cc1nn(Cc2cccc(C(F)(F)F)c2)c(C)c1NC(=O)Cn1nc(C(F)F)cc1C(F)F. The lowest BCUT2D eigenvalue weighted by Crippen LogP contribution is -2.22. The topological polar surface area (TPSA) is 64.7 Å². The summed E-state index contributed by atoms with van der Waals surface area (Å²) in [5, 5.41) is 10.0. The van der Waals surface area contributed by atoms with Gasteiger partial charge in [0, 0.05) is 0 Å². The molecule has 0 aliphatic carbocycles.